The third-order valence-electron chi connectivity index (χ3n) is 5.13. The van der Waals surface area contributed by atoms with E-state index in [1.54, 1.807) is 6.92 Å². The molecule has 0 radical (unpaired) electrons. The number of rotatable bonds is 3. The van der Waals surface area contributed by atoms with Crippen LogP contribution in [0.3, 0.4) is 0 Å². The number of hydrogen-bond donors (Lipinski definition) is 1. The van der Waals surface area contributed by atoms with E-state index >= 15 is 0 Å². The van der Waals surface area contributed by atoms with Crippen LogP contribution in [0.2, 0.25) is 0 Å². The van der Waals surface area contributed by atoms with Gasteiger partial charge in [0.1, 0.15) is 4.90 Å². The monoisotopic (exact) mass is 465 g/mol. The number of anilines is 1. The summed E-state index contributed by atoms with van der Waals surface area (Å²) in [5.41, 5.74) is -0.219. The molecule has 3 heterocycles. The van der Waals surface area contributed by atoms with Crippen LogP contribution < -0.4 is 5.32 Å². The average Bonchev–Trinajstić information content (AvgIpc) is 3.06. The molecule has 0 aliphatic carbocycles. The number of fused-ring (bicyclic) bond motifs is 1. The Morgan fingerprint density at radius 2 is 1.81 bits per heavy atom. The quantitative estimate of drug-likeness (QED) is 0.557. The molecule has 2 amide bonds. The van der Waals surface area contributed by atoms with Crippen LogP contribution in [0.5, 0.6) is 0 Å². The molecular weight excluding hydrogens is 449 g/mol. The number of nitrogens with zero attached hydrogens (tertiary/aromatic N) is 4. The van der Waals surface area contributed by atoms with Gasteiger partial charge >= 0.3 is 6.03 Å². The van der Waals surface area contributed by atoms with Crippen LogP contribution in [0.25, 0.3) is 0 Å². The Hall–Kier alpha value is -2.74. The molecule has 31 heavy (non-hydrogen) atoms. The van der Waals surface area contributed by atoms with Gasteiger partial charge in [0.15, 0.2) is 17.5 Å². The minimum atomic E-state index is -4.24. The van der Waals surface area contributed by atoms with E-state index in [0.717, 1.165) is 6.20 Å². The van der Waals surface area contributed by atoms with Gasteiger partial charge in [0.05, 0.1) is 44.1 Å². The number of halogens is 5. The molecule has 0 saturated carbocycles. The molecule has 14 heteroatoms. The van der Waals surface area contributed by atoms with Crippen LogP contribution in [0.15, 0.2) is 23.2 Å². The Morgan fingerprint density at radius 3 is 2.39 bits per heavy atom. The van der Waals surface area contributed by atoms with E-state index < -0.39 is 58.6 Å². The maximum absolute atomic E-state index is 13.4. The Kier molecular flexibility index (Phi) is 4.96. The topological polar surface area (TPSA) is 87.5 Å². The molecule has 168 valence electrons. The highest BCUT2D eigenvalue weighted by atomic mass is 32.2. The number of hydrogen-bond acceptors (Lipinski definition) is 4. The summed E-state index contributed by atoms with van der Waals surface area (Å²) in [4.78, 5) is 13.5. The first kappa shape index (κ1) is 21.5. The number of benzene rings is 1. The third kappa shape index (κ3) is 3.73. The van der Waals surface area contributed by atoms with Gasteiger partial charge in [-0.15, -0.1) is 0 Å². The van der Waals surface area contributed by atoms with Crippen molar-refractivity contribution in [1.82, 2.24) is 19.0 Å². The summed E-state index contributed by atoms with van der Waals surface area (Å²) >= 11 is 0. The summed E-state index contributed by atoms with van der Waals surface area (Å²) in [6.45, 7) is -0.400. The van der Waals surface area contributed by atoms with Gasteiger partial charge in [0, 0.05) is 17.8 Å². The van der Waals surface area contributed by atoms with Crippen LogP contribution in [-0.4, -0.2) is 58.5 Å². The molecule has 1 N–H and O–H groups in total. The third-order valence-corrected chi connectivity index (χ3v) is 6.96. The maximum Gasteiger partial charge on any atom is 0.322 e. The van der Waals surface area contributed by atoms with E-state index in [1.807, 2.05) is 0 Å². The van der Waals surface area contributed by atoms with E-state index in [9.17, 15) is 35.2 Å². The molecular formula is C17H16F5N5O3S. The summed E-state index contributed by atoms with van der Waals surface area (Å²) < 4.78 is 93.6. The minimum absolute atomic E-state index is 0.0978. The van der Waals surface area contributed by atoms with Gasteiger partial charge < -0.3 is 10.2 Å². The van der Waals surface area contributed by atoms with Crippen molar-refractivity contribution in [3.8, 4) is 0 Å². The molecule has 0 unspecified atom stereocenters. The molecule has 0 bridgehead atoms. The Labute approximate surface area is 173 Å². The number of carbonyl (C=O) groups excluding carboxylic acids is 1. The van der Waals surface area contributed by atoms with Crippen LogP contribution in [0.4, 0.5) is 32.4 Å². The number of aromatic nitrogens is 2. The van der Waals surface area contributed by atoms with Crippen molar-refractivity contribution in [1.29, 1.82) is 0 Å². The lowest BCUT2D eigenvalue weighted by Crippen LogP contribution is -2.58. The van der Waals surface area contributed by atoms with Gasteiger partial charge in [-0.25, -0.2) is 35.2 Å². The summed E-state index contributed by atoms with van der Waals surface area (Å²) in [7, 11) is -4.24. The van der Waals surface area contributed by atoms with Gasteiger partial charge in [-0.1, -0.05) is 0 Å². The van der Waals surface area contributed by atoms with Gasteiger partial charge in [0.2, 0.25) is 10.0 Å². The van der Waals surface area contributed by atoms with Crippen molar-refractivity contribution < 1.29 is 35.2 Å². The highest BCUT2D eigenvalue weighted by Gasteiger charge is 2.51. The highest BCUT2D eigenvalue weighted by molar-refractivity contribution is 7.89. The standard InChI is InChI=1S/C17H16F5N5O3S/c1-9-5-27-13(14(4-23-27)31(29,30)25-7-17(21,22)8-25)6-26(9)16(28)24-10-2-11(18)15(20)12(19)3-10/h2-4,9H,5-8H2,1H3,(H,24,28)/t9-/m0/s1. The smallest absolute Gasteiger partial charge is 0.314 e. The number of amides is 2. The van der Waals surface area contributed by atoms with E-state index in [2.05, 4.69) is 10.4 Å². The normalized spacial score (nSPS) is 20.8. The molecule has 2 aromatic rings. The number of urea groups is 1. The Morgan fingerprint density at radius 1 is 1.19 bits per heavy atom. The van der Waals surface area contributed by atoms with Gasteiger partial charge in [-0.2, -0.15) is 9.40 Å². The number of carbonyl (C=O) groups is 1. The predicted octanol–water partition coefficient (Wildman–Crippen LogP) is 2.38. The molecule has 2 aliphatic rings. The summed E-state index contributed by atoms with van der Waals surface area (Å²) in [5.74, 6) is -7.75. The number of sulfonamides is 1. The fourth-order valence-electron chi connectivity index (χ4n) is 3.47. The minimum Gasteiger partial charge on any atom is -0.314 e. The van der Waals surface area contributed by atoms with Crippen LogP contribution >= 0.6 is 0 Å². The second-order valence-corrected chi connectivity index (χ2v) is 9.33. The molecule has 4 rings (SSSR count). The summed E-state index contributed by atoms with van der Waals surface area (Å²) in [6, 6.07) is -0.0971. The molecule has 1 aromatic heterocycles. The second kappa shape index (κ2) is 7.15. The van der Waals surface area contributed by atoms with Crippen LogP contribution in [-0.2, 0) is 23.1 Å². The first-order valence-electron chi connectivity index (χ1n) is 9.04. The molecule has 0 spiro atoms. The number of nitrogens with one attached hydrogen (secondary N) is 1. The molecule has 1 atom stereocenters. The number of alkyl halides is 2. The molecule has 1 fully saturated rings. The van der Waals surface area contributed by atoms with E-state index in [4.69, 9.17) is 0 Å². The first-order chi connectivity index (χ1) is 14.4. The SMILES string of the molecule is C[C@H]1Cn2ncc(S(=O)(=O)N3CC(F)(F)C3)c2CN1C(=O)Nc1cc(F)c(F)c(F)c1. The van der Waals surface area contributed by atoms with Crippen molar-refractivity contribution in [3.05, 3.63) is 41.5 Å². The zero-order chi connectivity index (χ0) is 22.7. The molecule has 8 nitrogen and oxygen atoms in total. The van der Waals surface area contributed by atoms with Crippen molar-refractivity contribution >= 4 is 21.7 Å². The van der Waals surface area contributed by atoms with E-state index in [-0.39, 0.29) is 29.4 Å². The predicted molar refractivity (Wildman–Crippen MR) is 96.3 cm³/mol. The molecule has 1 saturated heterocycles. The van der Waals surface area contributed by atoms with Gasteiger partial charge in [0.25, 0.3) is 5.92 Å². The van der Waals surface area contributed by atoms with Crippen molar-refractivity contribution in [2.45, 2.75) is 36.9 Å². The second-order valence-electron chi connectivity index (χ2n) is 7.43. The Balaban J connectivity index is 1.57. The fourth-order valence-corrected chi connectivity index (χ4v) is 5.11. The summed E-state index contributed by atoms with van der Waals surface area (Å²) in [5, 5.41) is 6.22. The van der Waals surface area contributed by atoms with E-state index in [1.165, 1.54) is 9.58 Å². The highest BCUT2D eigenvalue weighted by Crippen LogP contribution is 2.34. The van der Waals surface area contributed by atoms with Crippen LogP contribution in [0, 0.1) is 17.5 Å². The zero-order valence-corrected chi connectivity index (χ0v) is 16.8. The lowest BCUT2D eigenvalue weighted by atomic mass is 10.2. The molecule has 2 aliphatic heterocycles. The molecule has 1 aromatic carbocycles. The first-order valence-corrected chi connectivity index (χ1v) is 10.5. The summed E-state index contributed by atoms with van der Waals surface area (Å²) in [6.07, 6.45) is 1.04. The average molecular weight is 465 g/mol. The largest absolute Gasteiger partial charge is 0.322 e. The fraction of sp³-hybridized carbons (Fsp3) is 0.412. The van der Waals surface area contributed by atoms with Crippen molar-refractivity contribution in [3.63, 3.8) is 0 Å². The Bertz CT molecular complexity index is 1140. The van der Waals surface area contributed by atoms with E-state index in [0.29, 0.717) is 16.4 Å². The lowest BCUT2D eigenvalue weighted by molar-refractivity contribution is -0.0945. The maximum atomic E-state index is 13.4. The van der Waals surface area contributed by atoms with Crippen LogP contribution in [0.1, 0.15) is 12.6 Å². The van der Waals surface area contributed by atoms with Gasteiger partial charge in [-0.05, 0) is 6.92 Å². The van der Waals surface area contributed by atoms with Gasteiger partial charge in [-0.3, -0.25) is 4.68 Å². The zero-order valence-electron chi connectivity index (χ0n) is 15.9. The van der Waals surface area contributed by atoms with Crippen molar-refractivity contribution in [2.75, 3.05) is 18.4 Å². The lowest BCUT2D eigenvalue weighted by Gasteiger charge is -2.38. The van der Waals surface area contributed by atoms with Crippen molar-refractivity contribution in [2.24, 2.45) is 0 Å².